The van der Waals surface area contributed by atoms with Gasteiger partial charge in [-0.1, -0.05) is 0 Å². The van der Waals surface area contributed by atoms with Gasteiger partial charge in [0, 0.05) is 77.5 Å². The molecule has 156 valence electrons. The normalized spacial score (nSPS) is 30.3. The van der Waals surface area contributed by atoms with Crippen LogP contribution in [0.25, 0.3) is 0 Å². The Kier molecular flexibility index (Phi) is 9.26. The molecule has 3 heterocycles. The number of nitrogens with zero attached hydrogens (tertiary/aromatic N) is 4. The molecule has 3 aliphatic heterocycles. The summed E-state index contributed by atoms with van der Waals surface area (Å²) in [6.07, 6.45) is 5.41. The predicted octanol–water partition coefficient (Wildman–Crippen LogP) is -3.84. The van der Waals surface area contributed by atoms with Gasteiger partial charge in [-0.3, -0.25) is 0 Å². The summed E-state index contributed by atoms with van der Waals surface area (Å²) in [5, 5.41) is 36.9. The summed E-state index contributed by atoms with van der Waals surface area (Å²) >= 11 is 0. The van der Waals surface area contributed by atoms with E-state index in [2.05, 4.69) is 63.2 Å². The van der Waals surface area contributed by atoms with Crippen molar-refractivity contribution in [3.63, 3.8) is 0 Å². The third-order valence-electron chi connectivity index (χ3n) is 4.47. The fourth-order valence-electron chi connectivity index (χ4n) is 2.96. The molecule has 0 unspecified atom stereocenters. The number of hydrogen-bond acceptors (Lipinski definition) is 10. The second kappa shape index (κ2) is 12.5. The third-order valence-corrected chi connectivity index (χ3v) is 4.47. The molecule has 0 radical (unpaired) electrons. The molecule has 0 saturated carbocycles. The predicted molar refractivity (Wildman–Crippen MR) is 113 cm³/mol. The molecule has 12 heteroatoms. The standard InChI is InChI=1S/C16H32N12/c1-4-20-13(7-17-1)10-23-26-16(27-24-11-14-8-18-2-5-21-14)28-25-12-15-9-19-3-6-22-15/h10-15,17-22H,1-9H2,(H2,26,27,28)/b23-10-,24-11+,25-12+/t13-,14-,15-/m0/s1. The van der Waals surface area contributed by atoms with Gasteiger partial charge in [0.25, 0.3) is 5.96 Å². The van der Waals surface area contributed by atoms with Crippen LogP contribution in [0.3, 0.4) is 0 Å². The van der Waals surface area contributed by atoms with Crippen LogP contribution in [0.15, 0.2) is 20.4 Å². The molecule has 0 aliphatic carbocycles. The highest BCUT2D eigenvalue weighted by Gasteiger charge is 2.10. The van der Waals surface area contributed by atoms with Crippen molar-refractivity contribution in [3.8, 4) is 0 Å². The Hall–Kier alpha value is -1.96. The molecule has 3 saturated heterocycles. The molecule has 3 atom stereocenters. The largest absolute Gasteiger partial charge is 0.314 e. The van der Waals surface area contributed by atoms with E-state index >= 15 is 0 Å². The third kappa shape index (κ3) is 7.96. The van der Waals surface area contributed by atoms with E-state index < -0.39 is 0 Å². The lowest BCUT2D eigenvalue weighted by molar-refractivity contribution is 0.491. The van der Waals surface area contributed by atoms with Gasteiger partial charge in [-0.25, -0.2) is 10.9 Å². The van der Waals surface area contributed by atoms with Gasteiger partial charge >= 0.3 is 0 Å². The van der Waals surface area contributed by atoms with Crippen molar-refractivity contribution >= 4 is 24.6 Å². The van der Waals surface area contributed by atoms with Crippen LogP contribution >= 0.6 is 0 Å². The van der Waals surface area contributed by atoms with E-state index in [0.717, 1.165) is 58.9 Å². The highest BCUT2D eigenvalue weighted by atomic mass is 15.5. The fraction of sp³-hybridized carbons (Fsp3) is 0.750. The van der Waals surface area contributed by atoms with Crippen LogP contribution in [0.2, 0.25) is 0 Å². The van der Waals surface area contributed by atoms with Crippen LogP contribution < -0.4 is 42.8 Å². The van der Waals surface area contributed by atoms with E-state index in [0.29, 0.717) is 5.96 Å². The first-order valence-corrected chi connectivity index (χ1v) is 9.92. The van der Waals surface area contributed by atoms with Crippen LogP contribution in [0.4, 0.5) is 0 Å². The smallest absolute Gasteiger partial charge is 0.257 e. The summed E-state index contributed by atoms with van der Waals surface area (Å²) in [5.41, 5.74) is 5.77. The van der Waals surface area contributed by atoms with Crippen LogP contribution in [-0.4, -0.2) is 102 Å². The summed E-state index contributed by atoms with van der Waals surface area (Å²) in [4.78, 5) is 0. The van der Waals surface area contributed by atoms with E-state index in [1.165, 1.54) is 0 Å². The Balaban J connectivity index is 1.52. The number of hydrazone groups is 2. The van der Waals surface area contributed by atoms with Gasteiger partial charge in [0.2, 0.25) is 0 Å². The number of nitrogens with one attached hydrogen (secondary N) is 8. The van der Waals surface area contributed by atoms with Crippen LogP contribution in [-0.2, 0) is 0 Å². The first-order chi connectivity index (χ1) is 13.9. The Morgan fingerprint density at radius 2 is 1.11 bits per heavy atom. The lowest BCUT2D eigenvalue weighted by atomic mass is 10.2. The SMILES string of the molecule is C(=N/NC(=N/N=C/[C@@H]1CNCCN1)N/N=C/[C@@H]1CNCCN1)/[C@@H]1CNCCN1. The topological polar surface area (TPSA) is 146 Å². The first-order valence-electron chi connectivity index (χ1n) is 9.92. The fourth-order valence-corrected chi connectivity index (χ4v) is 2.96. The van der Waals surface area contributed by atoms with E-state index in [9.17, 15) is 0 Å². The number of piperazine rings is 3. The molecule has 0 aromatic carbocycles. The van der Waals surface area contributed by atoms with Crippen molar-refractivity contribution in [2.24, 2.45) is 20.4 Å². The van der Waals surface area contributed by atoms with E-state index in [1.54, 1.807) is 6.21 Å². The summed E-state index contributed by atoms with van der Waals surface area (Å²) in [6, 6.07) is 0.537. The van der Waals surface area contributed by atoms with Crippen molar-refractivity contribution in [3.05, 3.63) is 0 Å². The van der Waals surface area contributed by atoms with Gasteiger partial charge in [0.1, 0.15) is 0 Å². The van der Waals surface area contributed by atoms with Gasteiger partial charge in [-0.05, 0) is 0 Å². The molecule has 0 aromatic rings. The zero-order valence-electron chi connectivity index (χ0n) is 16.1. The quantitative estimate of drug-likeness (QED) is 0.130. The summed E-state index contributed by atoms with van der Waals surface area (Å²) < 4.78 is 0. The number of guanidine groups is 1. The van der Waals surface area contributed by atoms with Crippen molar-refractivity contribution in [2.75, 3.05) is 58.9 Å². The number of rotatable bonds is 6. The average Bonchev–Trinajstić information content (AvgIpc) is 2.76. The molecule has 8 N–H and O–H groups in total. The zero-order valence-corrected chi connectivity index (χ0v) is 16.1. The van der Waals surface area contributed by atoms with Crippen LogP contribution in [0.1, 0.15) is 0 Å². The lowest BCUT2D eigenvalue weighted by Gasteiger charge is -2.21. The minimum atomic E-state index is 0.167. The molecule has 0 bridgehead atoms. The van der Waals surface area contributed by atoms with Crippen LogP contribution in [0, 0.1) is 0 Å². The Morgan fingerprint density at radius 1 is 0.643 bits per heavy atom. The van der Waals surface area contributed by atoms with E-state index in [-0.39, 0.29) is 18.1 Å². The van der Waals surface area contributed by atoms with Gasteiger partial charge in [-0.15, -0.1) is 5.10 Å². The van der Waals surface area contributed by atoms with Gasteiger partial charge < -0.3 is 31.9 Å². The molecule has 12 nitrogen and oxygen atoms in total. The highest BCUT2D eigenvalue weighted by Crippen LogP contribution is 1.86. The minimum absolute atomic E-state index is 0.167. The monoisotopic (exact) mass is 392 g/mol. The van der Waals surface area contributed by atoms with Crippen molar-refractivity contribution in [2.45, 2.75) is 18.1 Å². The van der Waals surface area contributed by atoms with Crippen molar-refractivity contribution in [1.29, 1.82) is 0 Å². The van der Waals surface area contributed by atoms with Gasteiger partial charge in [0.15, 0.2) is 0 Å². The summed E-state index contributed by atoms with van der Waals surface area (Å²) in [5.74, 6) is 0.361. The molecule has 0 spiro atoms. The second-order valence-corrected chi connectivity index (χ2v) is 6.79. The zero-order chi connectivity index (χ0) is 19.3. The maximum Gasteiger partial charge on any atom is 0.257 e. The molecular weight excluding hydrogens is 360 g/mol. The highest BCUT2D eigenvalue weighted by molar-refractivity contribution is 5.82. The average molecular weight is 393 g/mol. The lowest BCUT2D eigenvalue weighted by Crippen LogP contribution is -2.49. The van der Waals surface area contributed by atoms with E-state index in [4.69, 9.17) is 0 Å². The molecule has 28 heavy (non-hydrogen) atoms. The second-order valence-electron chi connectivity index (χ2n) is 6.79. The van der Waals surface area contributed by atoms with Crippen molar-refractivity contribution < 1.29 is 0 Å². The minimum Gasteiger partial charge on any atom is -0.314 e. The Morgan fingerprint density at radius 3 is 1.54 bits per heavy atom. The summed E-state index contributed by atoms with van der Waals surface area (Å²) in [6.45, 7) is 8.23. The Bertz CT molecular complexity index is 510. The molecule has 0 aromatic heterocycles. The van der Waals surface area contributed by atoms with E-state index in [1.807, 2.05) is 12.4 Å². The molecule has 3 aliphatic rings. The molecule has 0 amide bonds. The summed E-state index contributed by atoms with van der Waals surface area (Å²) in [7, 11) is 0. The maximum atomic E-state index is 4.25. The molecular formula is C16H32N12. The van der Waals surface area contributed by atoms with Gasteiger partial charge in [0.05, 0.1) is 18.1 Å². The molecule has 3 fully saturated rings. The van der Waals surface area contributed by atoms with Crippen molar-refractivity contribution in [1.82, 2.24) is 42.8 Å². The first kappa shape index (κ1) is 20.8. The maximum absolute atomic E-state index is 4.25. The van der Waals surface area contributed by atoms with Crippen LogP contribution in [0.5, 0.6) is 0 Å². The number of hydrogen-bond donors (Lipinski definition) is 8. The Labute approximate surface area is 165 Å². The molecule has 3 rings (SSSR count). The van der Waals surface area contributed by atoms with Gasteiger partial charge in [-0.2, -0.15) is 15.3 Å².